The van der Waals surface area contributed by atoms with Crippen LogP contribution >= 0.6 is 11.6 Å². The Morgan fingerprint density at radius 1 is 0.515 bits per heavy atom. The Balaban J connectivity index is 2.00. The monoisotopic (exact) mass is 1470 g/mol. The highest BCUT2D eigenvalue weighted by Gasteiger charge is 2.45. The summed E-state index contributed by atoms with van der Waals surface area (Å²) in [4.78, 5) is 190. The third-order valence-corrected chi connectivity index (χ3v) is 21.2. The van der Waals surface area contributed by atoms with Gasteiger partial charge in [-0.3, -0.25) is 57.5 Å². The predicted molar refractivity (Wildman–Crippen MR) is 394 cm³/mol. The van der Waals surface area contributed by atoms with Gasteiger partial charge in [0.15, 0.2) is 0 Å². The minimum Gasteiger partial charge on any atom is -0.391 e. The van der Waals surface area contributed by atoms with E-state index in [9.17, 15) is 34.2 Å². The number of aliphatic hydroxyl groups is 2. The van der Waals surface area contributed by atoms with Crippen LogP contribution in [0.15, 0.2) is 0 Å². The Hall–Kier alpha value is -6.19. The van der Waals surface area contributed by atoms with Crippen molar-refractivity contribution in [3.05, 3.63) is 0 Å². The second kappa shape index (κ2) is 42.8. The van der Waals surface area contributed by atoms with Crippen molar-refractivity contribution >= 4 is 82.5 Å². The molecule has 0 spiro atoms. The topological polar surface area (TPSA) is 337 Å². The fourth-order valence-corrected chi connectivity index (χ4v) is 15.3. The summed E-state index contributed by atoms with van der Waals surface area (Å²) in [5.74, 6) is -10.7. The van der Waals surface area contributed by atoms with Crippen molar-refractivity contribution in [2.24, 2.45) is 41.4 Å². The van der Waals surface area contributed by atoms with Crippen molar-refractivity contribution in [3.63, 3.8) is 0 Å². The van der Waals surface area contributed by atoms with Crippen molar-refractivity contribution in [2.45, 2.75) is 290 Å². The average Bonchev–Trinajstić information content (AvgIpc) is 0.821. The summed E-state index contributed by atoms with van der Waals surface area (Å²) in [6.45, 7) is 21.8. The van der Waals surface area contributed by atoms with Crippen LogP contribution < -0.4 is 26.6 Å². The van der Waals surface area contributed by atoms with E-state index in [2.05, 4.69) is 26.6 Å². The number of likely N-dealkylation sites (N-methyl/N-ethyl adjacent to an activating group) is 5. The van der Waals surface area contributed by atoms with Gasteiger partial charge in [0.05, 0.1) is 38.4 Å². The van der Waals surface area contributed by atoms with Crippen LogP contribution in [0.4, 0.5) is 0 Å². The van der Waals surface area contributed by atoms with Gasteiger partial charge in [-0.15, -0.1) is 11.6 Å². The Morgan fingerprint density at radius 3 is 1.57 bits per heavy atom. The first-order valence-corrected chi connectivity index (χ1v) is 38.7. The standard InChI is InChI=1S/C75H131ClN12O15/c1-19-31-88-41-62(92)82(14)57(35-45(4)5)66(93)79-56(43-103-42-49(12)89)71(98)85(17)60(39-52-29-26-30-53(76)37-52)73(100)86(18)65(48(10)11)69(96)78-55(72(99)87-32-24-21-25-33-87)40-61(91)80-63(47(8)9)74(101)84(16)59(38-51-27-22-20-23-28-51)67(94)77-54(34-44(2)3)70(97)83(15)58(36-46(6)7)68(95)81-64(50(13)90)75(88)102/h44-60,63-65,89-90H,19-43H2,1-18H3,(H,77,94)(H,78,96)(H,79,93)(H,80,91)(H,81,95)/t49-,50+,52?,53?,54-,55-,56-,57-,58-,59-,60-,63+,64-,65-/m0/s1. The van der Waals surface area contributed by atoms with Crippen molar-refractivity contribution in [2.75, 3.05) is 74.6 Å². The number of carbonyl (C=O) groups excluding carboxylic acids is 12. The van der Waals surface area contributed by atoms with Gasteiger partial charge in [-0.1, -0.05) is 121 Å². The third-order valence-electron chi connectivity index (χ3n) is 20.8. The van der Waals surface area contributed by atoms with Gasteiger partial charge in [0.25, 0.3) is 0 Å². The van der Waals surface area contributed by atoms with Gasteiger partial charge < -0.3 is 75.8 Å². The fourth-order valence-electron chi connectivity index (χ4n) is 14.9. The highest BCUT2D eigenvalue weighted by molar-refractivity contribution is 6.20. The molecule has 4 fully saturated rings. The van der Waals surface area contributed by atoms with Crippen LogP contribution in [0.25, 0.3) is 0 Å². The van der Waals surface area contributed by atoms with Gasteiger partial charge in [-0.05, 0) is 126 Å². The van der Waals surface area contributed by atoms with Crippen LogP contribution in [0.1, 0.15) is 212 Å². The number of halogens is 1. The van der Waals surface area contributed by atoms with Crippen molar-refractivity contribution in [3.8, 4) is 0 Å². The van der Waals surface area contributed by atoms with Gasteiger partial charge in [-0.2, -0.15) is 0 Å². The lowest BCUT2D eigenvalue weighted by molar-refractivity contribution is -0.152. The van der Waals surface area contributed by atoms with Crippen LogP contribution in [0.5, 0.6) is 0 Å². The maximum Gasteiger partial charge on any atom is 0.248 e. The smallest absolute Gasteiger partial charge is 0.248 e. The first-order chi connectivity index (χ1) is 48.3. The molecule has 588 valence electrons. The molecule has 2 saturated heterocycles. The molecule has 27 nitrogen and oxygen atoms in total. The van der Waals surface area contributed by atoms with Gasteiger partial charge in [-0.25, -0.2) is 0 Å². The number of likely N-dealkylation sites (tertiary alicyclic amines) is 1. The zero-order valence-corrected chi connectivity index (χ0v) is 66.2. The number of nitrogens with zero attached hydrogens (tertiary/aromatic N) is 7. The second-order valence-electron chi connectivity index (χ2n) is 32.0. The fraction of sp³-hybridized carbons (Fsp3) is 0.840. The quantitative estimate of drug-likeness (QED) is 0.0820. The van der Waals surface area contributed by atoms with E-state index in [1.165, 1.54) is 78.5 Å². The van der Waals surface area contributed by atoms with Gasteiger partial charge in [0, 0.05) is 60.2 Å². The van der Waals surface area contributed by atoms with Crippen LogP contribution in [0.2, 0.25) is 0 Å². The third kappa shape index (κ3) is 27.0. The van der Waals surface area contributed by atoms with Gasteiger partial charge >= 0.3 is 0 Å². The predicted octanol–water partition coefficient (Wildman–Crippen LogP) is 4.59. The highest BCUT2D eigenvalue weighted by Crippen LogP contribution is 2.34. The van der Waals surface area contributed by atoms with Crippen LogP contribution in [-0.2, 0) is 62.3 Å². The lowest BCUT2D eigenvalue weighted by atomic mass is 9.83. The number of ether oxygens (including phenoxy) is 1. The van der Waals surface area contributed by atoms with E-state index in [0.29, 0.717) is 45.2 Å². The number of hydrogen-bond donors (Lipinski definition) is 7. The molecule has 7 N–H and O–H groups in total. The first kappa shape index (κ1) is 89.2. The lowest BCUT2D eigenvalue weighted by Crippen LogP contribution is -2.62. The molecule has 0 bridgehead atoms. The molecule has 2 saturated carbocycles. The van der Waals surface area contributed by atoms with E-state index < -0.39 is 175 Å². The first-order valence-electron chi connectivity index (χ1n) is 38.3. The summed E-state index contributed by atoms with van der Waals surface area (Å²) in [6, 6.07) is -13.5. The summed E-state index contributed by atoms with van der Waals surface area (Å²) >= 11 is 6.79. The molecule has 2 unspecified atom stereocenters. The van der Waals surface area contributed by atoms with Crippen LogP contribution in [0.3, 0.4) is 0 Å². The molecule has 103 heavy (non-hydrogen) atoms. The molecule has 14 atom stereocenters. The molecular weight excluding hydrogens is 1340 g/mol. The van der Waals surface area contributed by atoms with Crippen LogP contribution in [-0.4, -0.2) is 268 Å². The zero-order chi connectivity index (χ0) is 77.4. The molecule has 2 aliphatic heterocycles. The number of rotatable bonds is 20. The van der Waals surface area contributed by atoms with E-state index in [-0.39, 0.29) is 80.2 Å². The molecule has 12 amide bonds. The van der Waals surface area contributed by atoms with Crippen molar-refractivity contribution < 1.29 is 72.5 Å². The molecule has 0 aromatic carbocycles. The van der Waals surface area contributed by atoms with E-state index in [1.807, 2.05) is 41.5 Å². The number of amides is 12. The number of carbonyl (C=O) groups is 12. The molecule has 0 aromatic heterocycles. The summed E-state index contributed by atoms with van der Waals surface area (Å²) in [5, 5.41) is 35.8. The molecule has 2 aliphatic carbocycles. The second-order valence-corrected chi connectivity index (χ2v) is 32.6. The summed E-state index contributed by atoms with van der Waals surface area (Å²) < 4.78 is 5.87. The minimum absolute atomic E-state index is 0.0113. The van der Waals surface area contributed by atoms with E-state index in [0.717, 1.165) is 51.4 Å². The Labute approximate surface area is 619 Å². The van der Waals surface area contributed by atoms with E-state index in [1.54, 1.807) is 39.5 Å². The van der Waals surface area contributed by atoms with E-state index >= 15 is 33.6 Å². The zero-order valence-electron chi connectivity index (χ0n) is 65.4. The number of alkyl halides is 1. The van der Waals surface area contributed by atoms with Gasteiger partial charge in [0.1, 0.15) is 60.4 Å². The molecular formula is C75H131ClN12O15. The van der Waals surface area contributed by atoms with E-state index in [4.69, 9.17) is 16.3 Å². The minimum atomic E-state index is -1.65. The molecule has 2 heterocycles. The summed E-state index contributed by atoms with van der Waals surface area (Å²) in [7, 11) is 7.13. The largest absolute Gasteiger partial charge is 0.391 e. The van der Waals surface area contributed by atoms with Crippen LogP contribution in [0, 0.1) is 41.4 Å². The number of aliphatic hydroxyl groups excluding tert-OH is 2. The average molecular weight is 1480 g/mol. The highest BCUT2D eigenvalue weighted by atomic mass is 35.5. The lowest BCUT2D eigenvalue weighted by Gasteiger charge is -2.39. The molecule has 4 rings (SSSR count). The normalized spacial score (nSPS) is 28.4. The van der Waals surface area contributed by atoms with Crippen molar-refractivity contribution in [1.29, 1.82) is 0 Å². The Morgan fingerprint density at radius 2 is 1.03 bits per heavy atom. The molecule has 4 aliphatic rings. The maximum atomic E-state index is 15.6. The Bertz CT molecular complexity index is 2810. The Kier molecular flexibility index (Phi) is 37.1. The van der Waals surface area contributed by atoms with Crippen molar-refractivity contribution in [1.82, 2.24) is 60.9 Å². The molecule has 0 radical (unpaired) electrons. The SMILES string of the molecule is CCCN1CC(=O)N(C)[C@@H](CC(C)C)C(=O)N[C@@H](COC[C@H](C)O)C(=O)N(C)[C@@H](CC2CCCC(Cl)C2)C(=O)N(C)[C@@H](C(C)C)C(=O)N[C@H](C(=O)N2CCCCC2)CC(=O)N[C@H](C(C)C)C(=O)N(C)[C@@H](CC2CCCCC2)C(=O)N[C@@H](CC(C)C)C(=O)N(C)[C@@H](CC(C)C)C(=O)N[C@@H]([C@@H](C)O)C1=O. The molecule has 28 heteroatoms. The summed E-state index contributed by atoms with van der Waals surface area (Å²) in [5.41, 5.74) is 0. The number of hydrogen-bond acceptors (Lipinski definition) is 15. The van der Waals surface area contributed by atoms with Gasteiger partial charge in [0.2, 0.25) is 70.9 Å². The summed E-state index contributed by atoms with van der Waals surface area (Å²) in [6.07, 6.45) is 6.90. The molecule has 0 aromatic rings. The number of nitrogens with one attached hydrogen (secondary N) is 5. The maximum absolute atomic E-state index is 15.6. The number of piperidine rings is 1.